The molecule has 2 aromatic rings. The summed E-state index contributed by atoms with van der Waals surface area (Å²) in [6.07, 6.45) is -9.24. The molecule has 6 rings (SSSR count). The average Bonchev–Trinajstić information content (AvgIpc) is 3.10. The topological polar surface area (TPSA) is 259 Å². The van der Waals surface area contributed by atoms with Crippen molar-refractivity contribution in [2.75, 3.05) is 7.11 Å². The number of aliphatic hydroxyl groups is 1. The van der Waals surface area contributed by atoms with Crippen LogP contribution in [0.3, 0.4) is 0 Å². The van der Waals surface area contributed by atoms with E-state index in [1.807, 2.05) is 0 Å². The molecule has 4 aliphatic rings. The van der Waals surface area contributed by atoms with E-state index in [0.717, 1.165) is 6.92 Å². The zero-order valence-electron chi connectivity index (χ0n) is 30.8. The lowest BCUT2D eigenvalue weighted by Crippen LogP contribution is -2.55. The monoisotopic (exact) mass is 767 g/mol. The molecule has 0 amide bonds. The highest BCUT2D eigenvalue weighted by Crippen LogP contribution is 2.52. The molecule has 8 unspecified atom stereocenters. The summed E-state index contributed by atoms with van der Waals surface area (Å²) in [5.41, 5.74) is 5.90. The summed E-state index contributed by atoms with van der Waals surface area (Å²) in [5, 5.41) is 38.9. The molecular weight excluding hydrogens is 726 g/mol. The molecule has 3 N–H and O–H groups in total. The van der Waals surface area contributed by atoms with E-state index in [4.69, 9.17) is 33.2 Å². The Morgan fingerprint density at radius 2 is 1.53 bits per heavy atom. The number of carbonyl (C=O) groups excluding carboxylic acids is 5. The van der Waals surface area contributed by atoms with Crippen LogP contribution in [0, 0.1) is 0 Å². The first-order valence-corrected chi connectivity index (χ1v) is 17.6. The number of fused-ring (bicyclic) bond motifs is 3. The number of ketones is 3. The largest absolute Gasteiger partial charge is 0.507 e. The molecule has 2 heterocycles. The Bertz CT molecular complexity index is 2000. The van der Waals surface area contributed by atoms with E-state index < -0.39 is 126 Å². The summed E-state index contributed by atoms with van der Waals surface area (Å²) in [6.45, 7) is 6.78. The van der Waals surface area contributed by atoms with Gasteiger partial charge < -0.3 is 48.5 Å². The number of Topliss-reactive ketones (excluding diaryl/α,β-unsaturated/α-hetero) is 1. The van der Waals surface area contributed by atoms with Gasteiger partial charge in [-0.25, -0.2) is 0 Å². The van der Waals surface area contributed by atoms with E-state index in [0.29, 0.717) is 0 Å². The third-order valence-electron chi connectivity index (χ3n) is 10.4. The Labute approximate surface area is 314 Å². The molecule has 2 aromatic carbocycles. The lowest BCUT2D eigenvalue weighted by Gasteiger charge is -2.45. The van der Waals surface area contributed by atoms with Gasteiger partial charge in [-0.05, 0) is 32.4 Å². The van der Waals surface area contributed by atoms with Crippen molar-refractivity contribution in [2.45, 2.75) is 121 Å². The van der Waals surface area contributed by atoms with Crippen molar-refractivity contribution in [3.8, 4) is 17.2 Å². The fraction of sp³-hybridized carbons (Fsp3) is 0.541. The first-order valence-electron chi connectivity index (χ1n) is 17.6. The molecule has 2 saturated heterocycles. The highest BCUT2D eigenvalue weighted by molar-refractivity contribution is 6.31. The lowest BCUT2D eigenvalue weighted by molar-refractivity contribution is -0.304. The second-order valence-corrected chi connectivity index (χ2v) is 14.1. The number of methoxy groups -OCH3 is 1. The van der Waals surface area contributed by atoms with Crippen LogP contribution in [-0.2, 0) is 49.2 Å². The first kappa shape index (κ1) is 39.6. The van der Waals surface area contributed by atoms with Gasteiger partial charge in [0.1, 0.15) is 29.0 Å². The smallest absolute Gasteiger partial charge is 0.303 e. The number of esters is 2. The summed E-state index contributed by atoms with van der Waals surface area (Å²) < 4.78 is 40.8. The average molecular weight is 768 g/mol. The molecule has 0 radical (unpaired) electrons. The number of hydrogen-bond acceptors (Lipinski definition) is 16. The van der Waals surface area contributed by atoms with Gasteiger partial charge in [-0.3, -0.25) is 24.0 Å². The van der Waals surface area contributed by atoms with Crippen LogP contribution in [0.25, 0.3) is 10.4 Å². The van der Waals surface area contributed by atoms with Gasteiger partial charge in [-0.1, -0.05) is 17.2 Å². The van der Waals surface area contributed by atoms with E-state index in [9.17, 15) is 44.8 Å². The number of nitrogens with zero attached hydrogens (tertiary/aromatic N) is 3. The fourth-order valence-corrected chi connectivity index (χ4v) is 7.92. The molecule has 0 spiro atoms. The Balaban J connectivity index is 1.31. The van der Waals surface area contributed by atoms with E-state index >= 15 is 0 Å². The van der Waals surface area contributed by atoms with Crippen LogP contribution in [-0.4, -0.2) is 106 Å². The van der Waals surface area contributed by atoms with Crippen molar-refractivity contribution in [2.24, 2.45) is 5.11 Å². The van der Waals surface area contributed by atoms with Crippen LogP contribution >= 0.6 is 0 Å². The zero-order valence-corrected chi connectivity index (χ0v) is 30.8. The predicted octanol–water partition coefficient (Wildman–Crippen LogP) is 3.40. The van der Waals surface area contributed by atoms with Crippen molar-refractivity contribution in [3.63, 3.8) is 0 Å². The summed E-state index contributed by atoms with van der Waals surface area (Å²) in [4.78, 5) is 67.1. The molecule has 18 heteroatoms. The Morgan fingerprint density at radius 3 is 2.15 bits per heavy atom. The summed E-state index contributed by atoms with van der Waals surface area (Å²) in [6, 6.07) is 3.38. The molecule has 2 aliphatic heterocycles. The summed E-state index contributed by atoms with van der Waals surface area (Å²) in [7, 11) is 1.31. The van der Waals surface area contributed by atoms with Gasteiger partial charge >= 0.3 is 11.9 Å². The van der Waals surface area contributed by atoms with Crippen molar-refractivity contribution < 1.29 is 72.5 Å². The molecule has 294 valence electrons. The van der Waals surface area contributed by atoms with Gasteiger partial charge in [0.2, 0.25) is 5.78 Å². The quantitative estimate of drug-likeness (QED) is 0.0927. The van der Waals surface area contributed by atoms with Crippen LogP contribution in [0.15, 0.2) is 23.3 Å². The molecule has 0 aromatic heterocycles. The second-order valence-electron chi connectivity index (χ2n) is 14.1. The van der Waals surface area contributed by atoms with Crippen LogP contribution in [0.4, 0.5) is 0 Å². The number of ether oxygens (including phenoxy) is 7. The number of benzene rings is 2. The van der Waals surface area contributed by atoms with Crippen molar-refractivity contribution >= 4 is 29.3 Å². The SMILES string of the molecule is COc1cccc2c1C(=O)c1c(O)c3c(c(O)c1C2=O)C[C@@](O)(C(C)=O)C[C@@H]3OC1CC(N=[N+]=[N-])C(OC2CC(OC(C)=O)C(OC(C)=O)C(C)O2)C(C)O1. The zero-order chi connectivity index (χ0) is 40.1. The second kappa shape index (κ2) is 15.2. The van der Waals surface area contributed by atoms with E-state index in [1.165, 1.54) is 39.2 Å². The number of phenolic OH excluding ortho intramolecular Hbond substituents is 2. The molecule has 0 bridgehead atoms. The maximum absolute atomic E-state index is 14.0. The van der Waals surface area contributed by atoms with Gasteiger partial charge in [-0.2, -0.15) is 0 Å². The van der Waals surface area contributed by atoms with E-state index in [2.05, 4.69) is 10.0 Å². The van der Waals surface area contributed by atoms with Crippen molar-refractivity contribution in [3.05, 3.63) is 62.0 Å². The lowest BCUT2D eigenvalue weighted by atomic mass is 9.72. The minimum atomic E-state index is -2.13. The molecule has 55 heavy (non-hydrogen) atoms. The normalized spacial score (nSPS) is 31.2. The summed E-state index contributed by atoms with van der Waals surface area (Å²) in [5.74, 6) is -4.81. The predicted molar refractivity (Wildman–Crippen MR) is 184 cm³/mol. The highest BCUT2D eigenvalue weighted by atomic mass is 16.7. The third kappa shape index (κ3) is 7.24. The number of phenols is 2. The van der Waals surface area contributed by atoms with Gasteiger partial charge in [0.25, 0.3) is 0 Å². The number of aromatic hydroxyl groups is 2. The number of rotatable bonds is 9. The van der Waals surface area contributed by atoms with Crippen molar-refractivity contribution in [1.82, 2.24) is 0 Å². The molecular formula is C37H41N3O15. The van der Waals surface area contributed by atoms with E-state index in [-0.39, 0.29) is 40.8 Å². The number of azide groups is 1. The van der Waals surface area contributed by atoms with Crippen molar-refractivity contribution in [1.29, 1.82) is 0 Å². The number of hydrogen-bond donors (Lipinski definition) is 3. The fourth-order valence-electron chi connectivity index (χ4n) is 7.92. The van der Waals surface area contributed by atoms with Gasteiger partial charge in [0.05, 0.1) is 54.3 Å². The molecule has 18 nitrogen and oxygen atoms in total. The van der Waals surface area contributed by atoms with Crippen LogP contribution in [0.2, 0.25) is 0 Å². The van der Waals surface area contributed by atoms with Crippen LogP contribution < -0.4 is 4.74 Å². The van der Waals surface area contributed by atoms with Gasteiger partial charge in [0, 0.05) is 61.1 Å². The van der Waals surface area contributed by atoms with Gasteiger partial charge in [-0.15, -0.1) is 0 Å². The minimum Gasteiger partial charge on any atom is -0.507 e. The standard InChI is InChI=1S/C37H41N3O15/c1-14-35(55-26-11-23(52-17(4)42)36(15(2)51-26)53-18(5)43)21(39-40-38)10-25(50-14)54-24-13-37(48,16(3)41)12-20-28(24)34(47)30-29(32(20)45)31(44)19-8-7-9-22(49-6)27(19)33(30)46/h7-9,14-15,21,23-26,35-36,45,47-48H,10-13H2,1-6H3/t14?,15?,21?,23?,24-,25?,26?,35?,36?,37-/m0/s1. The third-order valence-corrected chi connectivity index (χ3v) is 10.4. The maximum Gasteiger partial charge on any atom is 0.303 e. The maximum atomic E-state index is 14.0. The summed E-state index contributed by atoms with van der Waals surface area (Å²) >= 11 is 0. The molecule has 2 aliphatic carbocycles. The molecule has 0 saturated carbocycles. The van der Waals surface area contributed by atoms with Crippen LogP contribution in [0.1, 0.15) is 103 Å². The van der Waals surface area contributed by atoms with E-state index in [1.54, 1.807) is 13.8 Å². The number of carbonyl (C=O) groups is 5. The Morgan fingerprint density at radius 1 is 0.891 bits per heavy atom. The van der Waals surface area contributed by atoms with Crippen LogP contribution in [0.5, 0.6) is 17.2 Å². The van der Waals surface area contributed by atoms with Gasteiger partial charge in [0.15, 0.2) is 30.3 Å². The minimum absolute atomic E-state index is 0.0405. The highest BCUT2D eigenvalue weighted by Gasteiger charge is 2.50. The molecule has 10 atom stereocenters. The Kier molecular flexibility index (Phi) is 10.9. The molecule has 2 fully saturated rings. The Hall–Kier alpha value is -5.10. The first-order chi connectivity index (χ1) is 26.0.